The van der Waals surface area contributed by atoms with E-state index in [2.05, 4.69) is 19.2 Å². The lowest BCUT2D eigenvalue weighted by atomic mass is 10.1. The maximum atomic E-state index is 6.46. The van der Waals surface area contributed by atoms with Crippen LogP contribution in [0.15, 0.2) is 41.4 Å². The maximum absolute atomic E-state index is 6.46. The minimum atomic E-state index is 0.463. The maximum Gasteiger partial charge on any atom is 0.298 e. The number of benzene rings is 2. The number of hydrogen-bond donors (Lipinski definition) is 0. The lowest BCUT2D eigenvalue weighted by molar-refractivity contribution is 0.351. The summed E-state index contributed by atoms with van der Waals surface area (Å²) in [6, 6.07) is 11.4. The average molecular weight is 461 g/mol. The van der Waals surface area contributed by atoms with Crippen LogP contribution in [0.25, 0.3) is 0 Å². The van der Waals surface area contributed by atoms with Crippen LogP contribution in [0.5, 0.6) is 10.9 Å². The van der Waals surface area contributed by atoms with Crippen LogP contribution in [0, 0.1) is 6.92 Å². The van der Waals surface area contributed by atoms with Gasteiger partial charge >= 0.3 is 0 Å². The molecule has 4 rings (SSSR count). The van der Waals surface area contributed by atoms with Gasteiger partial charge in [-0.1, -0.05) is 35.3 Å². The number of ether oxygens (including phenoxy) is 1. The van der Waals surface area contributed by atoms with Crippen molar-refractivity contribution in [2.75, 3.05) is 13.1 Å². The van der Waals surface area contributed by atoms with Crippen LogP contribution in [-0.2, 0) is 6.42 Å². The molecule has 8 heteroatoms. The zero-order chi connectivity index (χ0) is 20.9. The lowest BCUT2D eigenvalue weighted by Crippen LogP contribution is -2.28. The van der Waals surface area contributed by atoms with E-state index >= 15 is 0 Å². The van der Waals surface area contributed by atoms with Crippen molar-refractivity contribution in [3.05, 3.63) is 63.4 Å². The number of aryl methyl sites for hydroxylation is 1. The number of halogens is 2. The highest BCUT2D eigenvalue weighted by Gasteiger charge is 2.12. The van der Waals surface area contributed by atoms with Crippen LogP contribution < -0.4 is 4.74 Å². The predicted octanol–water partition coefficient (Wildman–Crippen LogP) is 6.68. The van der Waals surface area contributed by atoms with Crippen LogP contribution in [-0.4, -0.2) is 33.7 Å². The summed E-state index contributed by atoms with van der Waals surface area (Å²) in [4.78, 5) is 11.3. The third kappa shape index (κ3) is 5.50. The number of nitrogens with zero attached hydrogens (tertiary/aromatic N) is 4. The van der Waals surface area contributed by atoms with Gasteiger partial charge in [0.25, 0.3) is 5.19 Å². The molecule has 1 fully saturated rings. The molecule has 2 heterocycles. The minimum Gasteiger partial charge on any atom is -0.428 e. The molecule has 3 aromatic rings. The molecule has 0 saturated carbocycles. The third-order valence-electron chi connectivity index (χ3n) is 4.92. The molecule has 2 aromatic carbocycles. The fourth-order valence-electron chi connectivity index (χ4n) is 3.27. The molecule has 0 atom stereocenters. The van der Waals surface area contributed by atoms with E-state index in [9.17, 15) is 0 Å². The normalized spacial score (nSPS) is 14.4. The molecule has 5 nitrogen and oxygen atoms in total. The summed E-state index contributed by atoms with van der Waals surface area (Å²) < 4.78 is 10.3. The highest BCUT2D eigenvalue weighted by molar-refractivity contribution is 7.07. The lowest BCUT2D eigenvalue weighted by Gasteiger charge is -2.23. The van der Waals surface area contributed by atoms with Gasteiger partial charge in [0, 0.05) is 36.1 Å². The highest BCUT2D eigenvalue weighted by Crippen LogP contribution is 2.35. The van der Waals surface area contributed by atoms with Gasteiger partial charge in [0.2, 0.25) is 0 Å². The molecule has 1 saturated heterocycles. The van der Waals surface area contributed by atoms with Crippen molar-refractivity contribution < 1.29 is 4.74 Å². The molecule has 30 heavy (non-hydrogen) atoms. The van der Waals surface area contributed by atoms with Crippen molar-refractivity contribution in [3.63, 3.8) is 0 Å². The minimum absolute atomic E-state index is 0.463. The molecule has 0 unspecified atom stereocenters. The van der Waals surface area contributed by atoms with E-state index in [1.807, 2.05) is 49.7 Å². The largest absolute Gasteiger partial charge is 0.428 e. The Morgan fingerprint density at radius 3 is 2.67 bits per heavy atom. The van der Waals surface area contributed by atoms with Crippen molar-refractivity contribution in [2.24, 2.45) is 4.99 Å². The Labute approximate surface area is 190 Å². The van der Waals surface area contributed by atoms with Gasteiger partial charge in [-0.05, 0) is 61.6 Å². The van der Waals surface area contributed by atoms with Gasteiger partial charge in [-0.25, -0.2) is 4.99 Å². The molecule has 0 bridgehead atoms. The average Bonchev–Trinajstić information content (AvgIpc) is 3.19. The Kier molecular flexibility index (Phi) is 6.87. The second-order valence-electron chi connectivity index (χ2n) is 7.29. The monoisotopic (exact) mass is 460 g/mol. The van der Waals surface area contributed by atoms with E-state index in [1.165, 1.54) is 30.8 Å². The molecule has 0 N–H and O–H groups in total. The number of hydrogen-bond acceptors (Lipinski definition) is 5. The van der Waals surface area contributed by atoms with Gasteiger partial charge in [-0.15, -0.1) is 0 Å². The summed E-state index contributed by atoms with van der Waals surface area (Å²) >= 11 is 13.6. The van der Waals surface area contributed by atoms with Crippen LogP contribution in [0.3, 0.4) is 0 Å². The summed E-state index contributed by atoms with van der Waals surface area (Å²) in [6.07, 6.45) is 6.29. The highest BCUT2D eigenvalue weighted by atomic mass is 35.5. The Morgan fingerprint density at radius 1 is 1.13 bits per heavy atom. The van der Waals surface area contributed by atoms with E-state index in [1.54, 1.807) is 0 Å². The van der Waals surface area contributed by atoms with Crippen molar-refractivity contribution in [1.82, 2.24) is 14.3 Å². The molecular formula is C22H22Cl2N4OS. The fraction of sp³-hybridized carbons (Fsp3) is 0.318. The first-order valence-electron chi connectivity index (χ1n) is 9.90. The molecule has 1 aliphatic rings. The Hall–Kier alpha value is -2.15. The number of aliphatic imine (C=N–C) groups is 1. The fourth-order valence-corrected chi connectivity index (χ4v) is 4.15. The van der Waals surface area contributed by atoms with Gasteiger partial charge in [-0.2, -0.15) is 9.36 Å². The summed E-state index contributed by atoms with van der Waals surface area (Å²) in [5.74, 6) is 1.26. The van der Waals surface area contributed by atoms with Gasteiger partial charge in [0.1, 0.15) is 5.75 Å². The SMILES string of the molecule is Cc1cc(Oc2nc(Cc3ccc(Cl)cc3)ns2)c(Cl)cc1N=CN1CCCCC1. The smallest absolute Gasteiger partial charge is 0.298 e. The van der Waals surface area contributed by atoms with Gasteiger partial charge in [0.15, 0.2) is 5.82 Å². The van der Waals surface area contributed by atoms with E-state index in [4.69, 9.17) is 27.9 Å². The summed E-state index contributed by atoms with van der Waals surface area (Å²) in [5, 5.41) is 1.67. The number of aromatic nitrogens is 2. The van der Waals surface area contributed by atoms with Crippen LogP contribution in [0.4, 0.5) is 5.69 Å². The van der Waals surface area contributed by atoms with Gasteiger partial charge < -0.3 is 9.64 Å². The van der Waals surface area contributed by atoms with Crippen LogP contribution in [0.2, 0.25) is 10.0 Å². The molecule has 1 aliphatic heterocycles. The third-order valence-corrected chi connectivity index (χ3v) is 6.10. The number of likely N-dealkylation sites (tertiary alicyclic amines) is 1. The summed E-state index contributed by atoms with van der Waals surface area (Å²) in [7, 11) is 0. The van der Waals surface area contributed by atoms with Gasteiger partial charge in [-0.3, -0.25) is 0 Å². The van der Waals surface area contributed by atoms with Crippen molar-refractivity contribution in [1.29, 1.82) is 0 Å². The van der Waals surface area contributed by atoms with Crippen molar-refractivity contribution in [3.8, 4) is 10.9 Å². The second-order valence-corrected chi connectivity index (χ2v) is 8.85. The molecule has 0 radical (unpaired) electrons. The van der Waals surface area contributed by atoms with Crippen molar-refractivity contribution in [2.45, 2.75) is 32.6 Å². The Bertz CT molecular complexity index is 1030. The summed E-state index contributed by atoms with van der Waals surface area (Å²) in [5.41, 5.74) is 2.93. The van der Waals surface area contributed by atoms with E-state index < -0.39 is 0 Å². The molecule has 0 aliphatic carbocycles. The number of rotatable bonds is 6. The van der Waals surface area contributed by atoms with E-state index in [0.29, 0.717) is 33.2 Å². The second kappa shape index (κ2) is 9.77. The van der Waals surface area contributed by atoms with Crippen LogP contribution >= 0.6 is 34.7 Å². The Morgan fingerprint density at radius 2 is 1.90 bits per heavy atom. The number of piperidine rings is 1. The van der Waals surface area contributed by atoms with E-state index in [0.717, 1.165) is 29.9 Å². The molecule has 156 valence electrons. The molecule has 0 amide bonds. The molecular weight excluding hydrogens is 439 g/mol. The van der Waals surface area contributed by atoms with E-state index in [-0.39, 0.29) is 0 Å². The predicted molar refractivity (Wildman–Crippen MR) is 124 cm³/mol. The topological polar surface area (TPSA) is 50.6 Å². The van der Waals surface area contributed by atoms with Crippen molar-refractivity contribution >= 4 is 46.8 Å². The first kappa shape index (κ1) is 21.1. The standard InChI is InChI=1S/C22H22Cl2N4OS/c1-15-11-20(18(24)13-19(15)25-14-28-9-3-2-4-10-28)29-22-26-21(27-30-22)12-16-5-7-17(23)8-6-16/h5-8,11,13-14H,2-4,9-10,12H2,1H3. The quantitative estimate of drug-likeness (QED) is 0.303. The zero-order valence-electron chi connectivity index (χ0n) is 16.6. The van der Waals surface area contributed by atoms with Crippen LogP contribution in [0.1, 0.15) is 36.2 Å². The first-order valence-corrected chi connectivity index (χ1v) is 11.4. The zero-order valence-corrected chi connectivity index (χ0v) is 19.0. The first-order chi connectivity index (χ1) is 14.6. The Balaban J connectivity index is 1.43. The molecule has 0 spiro atoms. The molecule has 1 aromatic heterocycles. The summed E-state index contributed by atoms with van der Waals surface area (Å²) in [6.45, 7) is 4.12. The van der Waals surface area contributed by atoms with Gasteiger partial charge in [0.05, 0.1) is 17.0 Å².